The van der Waals surface area contributed by atoms with E-state index >= 15 is 0 Å². The van der Waals surface area contributed by atoms with Crippen molar-refractivity contribution in [3.63, 3.8) is 0 Å². The summed E-state index contributed by atoms with van der Waals surface area (Å²) >= 11 is 12.1. The molecule has 1 saturated heterocycles. The molecular formula is C16H20Cl2N2O2. The molecule has 4 nitrogen and oxygen atoms in total. The topological polar surface area (TPSA) is 40.6 Å². The number of carbonyl (C=O) groups excluding carboxylic acids is 2. The lowest BCUT2D eigenvalue weighted by molar-refractivity contribution is -0.146. The summed E-state index contributed by atoms with van der Waals surface area (Å²) in [6.45, 7) is 5.32. The minimum atomic E-state index is -0.0206. The predicted octanol–water partition coefficient (Wildman–Crippen LogP) is 3.01. The molecule has 0 aromatic heterocycles. The number of benzene rings is 1. The molecule has 1 heterocycles. The first kappa shape index (κ1) is 17.1. The van der Waals surface area contributed by atoms with Crippen LogP contribution in [0.3, 0.4) is 0 Å². The SMILES string of the molecule is CC(C)N1CCN(C(=O)CCc2cccc(Cl)c2Cl)CC1=O. The maximum Gasteiger partial charge on any atom is 0.242 e. The highest BCUT2D eigenvalue weighted by atomic mass is 35.5. The largest absolute Gasteiger partial charge is 0.337 e. The number of rotatable bonds is 4. The van der Waals surface area contributed by atoms with Crippen molar-refractivity contribution in [2.75, 3.05) is 19.6 Å². The van der Waals surface area contributed by atoms with E-state index in [1.165, 1.54) is 0 Å². The lowest BCUT2D eigenvalue weighted by atomic mass is 10.1. The molecule has 1 fully saturated rings. The van der Waals surface area contributed by atoms with E-state index in [0.717, 1.165) is 5.56 Å². The molecule has 0 unspecified atom stereocenters. The smallest absolute Gasteiger partial charge is 0.242 e. The number of amides is 2. The second-order valence-electron chi connectivity index (χ2n) is 5.71. The molecule has 0 radical (unpaired) electrons. The molecule has 1 aromatic carbocycles. The standard InChI is InChI=1S/C16H20Cl2N2O2/c1-11(2)20-9-8-19(10-15(20)22)14(21)7-6-12-4-3-5-13(17)16(12)18/h3-5,11H,6-10H2,1-2H3. The van der Waals surface area contributed by atoms with E-state index in [9.17, 15) is 9.59 Å². The highest BCUT2D eigenvalue weighted by Crippen LogP contribution is 2.26. The fraction of sp³-hybridized carbons (Fsp3) is 0.500. The van der Waals surface area contributed by atoms with Gasteiger partial charge in [-0.15, -0.1) is 0 Å². The molecular weight excluding hydrogens is 323 g/mol. The average molecular weight is 343 g/mol. The van der Waals surface area contributed by atoms with Crippen LogP contribution < -0.4 is 0 Å². The van der Waals surface area contributed by atoms with Crippen molar-refractivity contribution in [1.82, 2.24) is 9.80 Å². The summed E-state index contributed by atoms with van der Waals surface area (Å²) in [7, 11) is 0. The summed E-state index contributed by atoms with van der Waals surface area (Å²) in [4.78, 5) is 27.7. The van der Waals surface area contributed by atoms with Gasteiger partial charge in [-0.3, -0.25) is 9.59 Å². The van der Waals surface area contributed by atoms with Gasteiger partial charge in [-0.2, -0.15) is 0 Å². The van der Waals surface area contributed by atoms with E-state index in [1.807, 2.05) is 26.0 Å². The van der Waals surface area contributed by atoms with Gasteiger partial charge in [-0.05, 0) is 31.9 Å². The first-order valence-electron chi connectivity index (χ1n) is 7.40. The van der Waals surface area contributed by atoms with Crippen molar-refractivity contribution in [2.45, 2.75) is 32.7 Å². The Labute approximate surface area is 141 Å². The maximum absolute atomic E-state index is 12.3. The number of piperazine rings is 1. The Morgan fingerprint density at radius 2 is 2.00 bits per heavy atom. The van der Waals surface area contributed by atoms with Gasteiger partial charge in [0.2, 0.25) is 11.8 Å². The van der Waals surface area contributed by atoms with Crippen molar-refractivity contribution in [3.05, 3.63) is 33.8 Å². The van der Waals surface area contributed by atoms with E-state index in [4.69, 9.17) is 23.2 Å². The van der Waals surface area contributed by atoms with Crippen LogP contribution in [0.25, 0.3) is 0 Å². The lowest BCUT2D eigenvalue weighted by Gasteiger charge is -2.36. The molecule has 2 amide bonds. The number of carbonyl (C=O) groups is 2. The minimum Gasteiger partial charge on any atom is -0.337 e. The molecule has 0 spiro atoms. The highest BCUT2D eigenvalue weighted by molar-refractivity contribution is 6.42. The molecule has 2 rings (SSSR count). The fourth-order valence-electron chi connectivity index (χ4n) is 2.59. The van der Waals surface area contributed by atoms with Crippen LogP contribution in [-0.2, 0) is 16.0 Å². The van der Waals surface area contributed by atoms with Gasteiger partial charge >= 0.3 is 0 Å². The minimum absolute atomic E-state index is 0.00962. The summed E-state index contributed by atoms with van der Waals surface area (Å²) in [6, 6.07) is 5.58. The summed E-state index contributed by atoms with van der Waals surface area (Å²) in [5.41, 5.74) is 0.856. The molecule has 6 heteroatoms. The number of hydrogen-bond acceptors (Lipinski definition) is 2. The van der Waals surface area contributed by atoms with Crippen molar-refractivity contribution in [2.24, 2.45) is 0 Å². The Balaban J connectivity index is 1.91. The molecule has 0 N–H and O–H groups in total. The van der Waals surface area contributed by atoms with E-state index in [2.05, 4.69) is 0 Å². The van der Waals surface area contributed by atoms with Gasteiger partial charge < -0.3 is 9.80 Å². The van der Waals surface area contributed by atoms with Crippen molar-refractivity contribution >= 4 is 35.0 Å². The highest BCUT2D eigenvalue weighted by Gasteiger charge is 2.28. The fourth-order valence-corrected chi connectivity index (χ4v) is 3.00. The van der Waals surface area contributed by atoms with Gasteiger partial charge in [-0.1, -0.05) is 35.3 Å². The number of halogens is 2. The molecule has 120 valence electrons. The average Bonchev–Trinajstić information content (AvgIpc) is 2.48. The third-order valence-corrected chi connectivity index (χ3v) is 4.73. The number of hydrogen-bond donors (Lipinski definition) is 0. The van der Waals surface area contributed by atoms with Crippen LogP contribution in [0.1, 0.15) is 25.8 Å². The molecule has 0 aliphatic carbocycles. The zero-order chi connectivity index (χ0) is 16.3. The van der Waals surface area contributed by atoms with Crippen LogP contribution in [0.4, 0.5) is 0 Å². The third kappa shape index (κ3) is 3.93. The maximum atomic E-state index is 12.3. The second kappa shape index (κ2) is 7.34. The molecule has 0 bridgehead atoms. The first-order valence-corrected chi connectivity index (χ1v) is 8.16. The third-order valence-electron chi connectivity index (χ3n) is 3.87. The summed E-state index contributed by atoms with van der Waals surface area (Å²) < 4.78 is 0. The Bertz CT molecular complexity index is 575. The normalized spacial score (nSPS) is 15.6. The van der Waals surface area contributed by atoms with E-state index in [1.54, 1.807) is 15.9 Å². The Hall–Kier alpha value is -1.26. The van der Waals surface area contributed by atoms with Crippen LogP contribution >= 0.6 is 23.2 Å². The lowest BCUT2D eigenvalue weighted by Crippen LogP contribution is -2.54. The number of nitrogens with zero attached hydrogens (tertiary/aromatic N) is 2. The van der Waals surface area contributed by atoms with Crippen molar-refractivity contribution in [3.8, 4) is 0 Å². The van der Waals surface area contributed by atoms with Crippen LogP contribution in [0.2, 0.25) is 10.0 Å². The van der Waals surface area contributed by atoms with Gasteiger partial charge in [0.05, 0.1) is 16.6 Å². The van der Waals surface area contributed by atoms with E-state index in [-0.39, 0.29) is 24.4 Å². The molecule has 22 heavy (non-hydrogen) atoms. The van der Waals surface area contributed by atoms with Gasteiger partial charge in [0, 0.05) is 25.6 Å². The quantitative estimate of drug-likeness (QED) is 0.843. The first-order chi connectivity index (χ1) is 10.4. The zero-order valence-electron chi connectivity index (χ0n) is 12.8. The van der Waals surface area contributed by atoms with Crippen LogP contribution in [0, 0.1) is 0 Å². The van der Waals surface area contributed by atoms with Crippen molar-refractivity contribution in [1.29, 1.82) is 0 Å². The summed E-state index contributed by atoms with van der Waals surface area (Å²) in [6.07, 6.45) is 0.853. The number of aryl methyl sites for hydroxylation is 1. The van der Waals surface area contributed by atoms with Crippen molar-refractivity contribution < 1.29 is 9.59 Å². The molecule has 1 aliphatic heterocycles. The molecule has 0 saturated carbocycles. The summed E-state index contributed by atoms with van der Waals surface area (Å²) in [5.74, 6) is -0.0109. The summed E-state index contributed by atoms with van der Waals surface area (Å²) in [5, 5.41) is 0.991. The van der Waals surface area contributed by atoms with Crippen LogP contribution in [-0.4, -0.2) is 47.3 Å². The van der Waals surface area contributed by atoms with Gasteiger partial charge in [0.1, 0.15) is 0 Å². The van der Waals surface area contributed by atoms with Gasteiger partial charge in [0.25, 0.3) is 0 Å². The van der Waals surface area contributed by atoms with E-state index < -0.39 is 0 Å². The molecule has 1 aromatic rings. The van der Waals surface area contributed by atoms with Gasteiger partial charge in [-0.25, -0.2) is 0 Å². The van der Waals surface area contributed by atoms with Gasteiger partial charge in [0.15, 0.2) is 0 Å². The molecule has 0 atom stereocenters. The zero-order valence-corrected chi connectivity index (χ0v) is 14.3. The Kier molecular flexibility index (Phi) is 5.70. The Morgan fingerprint density at radius 1 is 1.27 bits per heavy atom. The van der Waals surface area contributed by atoms with Crippen LogP contribution in [0.15, 0.2) is 18.2 Å². The van der Waals surface area contributed by atoms with E-state index in [0.29, 0.717) is 36.0 Å². The Morgan fingerprint density at radius 3 is 2.64 bits per heavy atom. The second-order valence-corrected chi connectivity index (χ2v) is 6.49. The van der Waals surface area contributed by atoms with Crippen LogP contribution in [0.5, 0.6) is 0 Å². The molecule has 1 aliphatic rings. The monoisotopic (exact) mass is 342 g/mol. The predicted molar refractivity (Wildman–Crippen MR) is 88.2 cm³/mol.